The van der Waals surface area contributed by atoms with Crippen LogP contribution in [-0.4, -0.2) is 24.5 Å². The van der Waals surface area contributed by atoms with Crippen LogP contribution in [0.15, 0.2) is 30.3 Å². The van der Waals surface area contributed by atoms with Gasteiger partial charge in [-0.2, -0.15) is 0 Å². The molecule has 2 fully saturated rings. The zero-order valence-corrected chi connectivity index (χ0v) is 13.4. The van der Waals surface area contributed by atoms with Crippen LogP contribution in [0.1, 0.15) is 38.2 Å². The molecule has 1 aromatic rings. The van der Waals surface area contributed by atoms with Crippen LogP contribution in [0.25, 0.3) is 0 Å². The van der Waals surface area contributed by atoms with Gasteiger partial charge >= 0.3 is 0 Å². The molecule has 1 saturated heterocycles. The molecule has 3 nitrogen and oxygen atoms in total. The van der Waals surface area contributed by atoms with Gasteiger partial charge in [-0.05, 0) is 51.1 Å². The van der Waals surface area contributed by atoms with Crippen LogP contribution < -0.4 is 10.6 Å². The van der Waals surface area contributed by atoms with Gasteiger partial charge in [0.15, 0.2) is 0 Å². The second-order valence-electron chi connectivity index (χ2n) is 6.49. The van der Waals surface area contributed by atoms with Crippen molar-refractivity contribution in [3.05, 3.63) is 35.9 Å². The smallest absolute Gasteiger partial charge is 0.226 e. The van der Waals surface area contributed by atoms with Gasteiger partial charge in [0.2, 0.25) is 5.91 Å². The van der Waals surface area contributed by atoms with Crippen LogP contribution in [0.4, 0.5) is 0 Å². The maximum absolute atomic E-state index is 12.6. The minimum atomic E-state index is -0.116. The minimum absolute atomic E-state index is 0. The molecule has 2 aliphatic rings. The second-order valence-corrected chi connectivity index (χ2v) is 6.49. The molecule has 1 aliphatic carbocycles. The van der Waals surface area contributed by atoms with Crippen LogP contribution >= 0.6 is 12.4 Å². The van der Waals surface area contributed by atoms with Crippen molar-refractivity contribution in [1.29, 1.82) is 0 Å². The minimum Gasteiger partial charge on any atom is -0.353 e. The van der Waals surface area contributed by atoms with Gasteiger partial charge in [-0.1, -0.05) is 30.3 Å². The summed E-state index contributed by atoms with van der Waals surface area (Å²) in [5, 5.41) is 6.72. The summed E-state index contributed by atoms with van der Waals surface area (Å²) in [6, 6.07) is 11.3. The molecule has 1 heterocycles. The Morgan fingerprint density at radius 3 is 2.67 bits per heavy atom. The second kappa shape index (κ2) is 6.80. The molecule has 21 heavy (non-hydrogen) atoms. The number of benzene rings is 1. The van der Waals surface area contributed by atoms with Crippen LogP contribution in [0.5, 0.6) is 0 Å². The van der Waals surface area contributed by atoms with Crippen molar-refractivity contribution in [2.75, 3.05) is 6.54 Å². The summed E-state index contributed by atoms with van der Waals surface area (Å²) in [5.74, 6) is 0.278. The van der Waals surface area contributed by atoms with Crippen LogP contribution in [0, 0.1) is 5.41 Å². The van der Waals surface area contributed by atoms with E-state index in [1.54, 1.807) is 0 Å². The highest BCUT2D eigenvalue weighted by Gasteiger charge is 2.49. The summed E-state index contributed by atoms with van der Waals surface area (Å²) in [4.78, 5) is 12.6. The van der Waals surface area contributed by atoms with Gasteiger partial charge < -0.3 is 10.6 Å². The molecule has 116 valence electrons. The number of hydrogen-bond donors (Lipinski definition) is 2. The lowest BCUT2D eigenvalue weighted by atomic mass is 9.94. The van der Waals surface area contributed by atoms with Crippen molar-refractivity contribution in [3.63, 3.8) is 0 Å². The number of piperidine rings is 1. The predicted octanol–water partition coefficient (Wildman–Crippen LogP) is 2.69. The van der Waals surface area contributed by atoms with Crippen molar-refractivity contribution >= 4 is 18.3 Å². The molecule has 0 aromatic heterocycles. The monoisotopic (exact) mass is 308 g/mol. The van der Waals surface area contributed by atoms with E-state index in [0.29, 0.717) is 12.1 Å². The van der Waals surface area contributed by atoms with Gasteiger partial charge in [0.25, 0.3) is 0 Å². The average molecular weight is 309 g/mol. The lowest BCUT2D eigenvalue weighted by molar-refractivity contribution is -0.127. The van der Waals surface area contributed by atoms with Gasteiger partial charge in [0.1, 0.15) is 0 Å². The summed E-state index contributed by atoms with van der Waals surface area (Å²) in [7, 11) is 0. The summed E-state index contributed by atoms with van der Waals surface area (Å²) >= 11 is 0. The van der Waals surface area contributed by atoms with Gasteiger partial charge in [-0.25, -0.2) is 0 Å². The number of nitrogens with one attached hydrogen (secondary N) is 2. The third kappa shape index (κ3) is 3.98. The quantitative estimate of drug-likeness (QED) is 0.898. The molecule has 0 spiro atoms. The average Bonchev–Trinajstić information content (AvgIpc) is 3.21. The molecule has 4 heteroatoms. The van der Waals surface area contributed by atoms with Gasteiger partial charge in [0, 0.05) is 12.1 Å². The van der Waals surface area contributed by atoms with E-state index < -0.39 is 0 Å². The zero-order valence-electron chi connectivity index (χ0n) is 12.6. The van der Waals surface area contributed by atoms with Gasteiger partial charge in [0.05, 0.1) is 5.41 Å². The van der Waals surface area contributed by atoms with E-state index in [9.17, 15) is 4.79 Å². The van der Waals surface area contributed by atoms with Gasteiger partial charge in [-0.3, -0.25) is 4.79 Å². The molecule has 2 N–H and O–H groups in total. The number of rotatable bonds is 4. The Kier molecular flexibility index (Phi) is 5.28. The molecule has 2 atom stereocenters. The SMILES string of the molecule is CC1CC(NC(=O)C2(Cc3ccccc3)CC2)CCN1.Cl. The van der Waals surface area contributed by atoms with Crippen molar-refractivity contribution in [2.45, 2.75) is 51.1 Å². The van der Waals surface area contributed by atoms with Crippen molar-refractivity contribution in [3.8, 4) is 0 Å². The van der Waals surface area contributed by atoms with Crippen molar-refractivity contribution < 1.29 is 4.79 Å². The lowest BCUT2D eigenvalue weighted by Crippen LogP contribution is -2.48. The topological polar surface area (TPSA) is 41.1 Å². The van der Waals surface area contributed by atoms with E-state index >= 15 is 0 Å². The lowest BCUT2D eigenvalue weighted by Gasteiger charge is -2.30. The standard InChI is InChI=1S/C17H24N2O.ClH/c1-13-11-15(7-10-18-13)19-16(20)17(8-9-17)12-14-5-3-2-4-6-14;/h2-6,13,15,18H,7-12H2,1H3,(H,19,20);1H. The fraction of sp³-hybridized carbons (Fsp3) is 0.588. The van der Waals surface area contributed by atoms with E-state index in [4.69, 9.17) is 0 Å². The Morgan fingerprint density at radius 2 is 2.05 bits per heavy atom. The number of carbonyl (C=O) groups excluding carboxylic acids is 1. The number of halogens is 1. The summed E-state index contributed by atoms with van der Waals surface area (Å²) < 4.78 is 0. The first-order chi connectivity index (χ1) is 9.68. The zero-order chi connectivity index (χ0) is 14.0. The van der Waals surface area contributed by atoms with E-state index in [0.717, 1.165) is 38.6 Å². The van der Waals surface area contributed by atoms with Crippen molar-refractivity contribution in [1.82, 2.24) is 10.6 Å². The Morgan fingerprint density at radius 1 is 1.33 bits per heavy atom. The Balaban J connectivity index is 0.00000161. The molecule has 1 aromatic carbocycles. The maximum atomic E-state index is 12.6. The molecule has 1 saturated carbocycles. The summed E-state index contributed by atoms with van der Waals surface area (Å²) in [6.45, 7) is 3.20. The van der Waals surface area contributed by atoms with E-state index in [1.165, 1.54) is 5.56 Å². The number of amides is 1. The molecule has 2 unspecified atom stereocenters. The van der Waals surface area contributed by atoms with E-state index in [1.807, 2.05) is 6.07 Å². The van der Waals surface area contributed by atoms with Crippen molar-refractivity contribution in [2.24, 2.45) is 5.41 Å². The molecule has 1 aliphatic heterocycles. The highest BCUT2D eigenvalue weighted by Crippen LogP contribution is 2.48. The first-order valence-corrected chi connectivity index (χ1v) is 7.76. The highest BCUT2D eigenvalue weighted by atomic mass is 35.5. The third-order valence-corrected chi connectivity index (χ3v) is 4.68. The Labute approximate surface area is 133 Å². The Bertz CT molecular complexity index is 473. The number of hydrogen-bond acceptors (Lipinski definition) is 2. The summed E-state index contributed by atoms with van der Waals surface area (Å²) in [6.07, 6.45) is 5.06. The first kappa shape index (κ1) is 16.3. The Hall–Kier alpha value is -1.06. The maximum Gasteiger partial charge on any atom is 0.226 e. The van der Waals surface area contributed by atoms with Crippen LogP contribution in [0.2, 0.25) is 0 Å². The fourth-order valence-corrected chi connectivity index (χ4v) is 3.22. The molecule has 0 bridgehead atoms. The van der Waals surface area contributed by atoms with E-state index in [-0.39, 0.29) is 23.7 Å². The highest BCUT2D eigenvalue weighted by molar-refractivity contribution is 5.86. The third-order valence-electron chi connectivity index (χ3n) is 4.68. The van der Waals surface area contributed by atoms with Crippen LogP contribution in [0.3, 0.4) is 0 Å². The first-order valence-electron chi connectivity index (χ1n) is 7.76. The molecule has 1 amide bonds. The largest absolute Gasteiger partial charge is 0.353 e. The van der Waals surface area contributed by atoms with Crippen LogP contribution in [-0.2, 0) is 11.2 Å². The molecular formula is C17H25ClN2O. The summed E-state index contributed by atoms with van der Waals surface area (Å²) in [5.41, 5.74) is 1.16. The number of carbonyl (C=O) groups is 1. The predicted molar refractivity (Wildman–Crippen MR) is 87.7 cm³/mol. The fourth-order valence-electron chi connectivity index (χ4n) is 3.22. The molecule has 0 radical (unpaired) electrons. The van der Waals surface area contributed by atoms with Gasteiger partial charge in [-0.15, -0.1) is 12.4 Å². The van der Waals surface area contributed by atoms with E-state index in [2.05, 4.69) is 41.8 Å². The normalized spacial score (nSPS) is 26.5. The molecule has 3 rings (SSSR count). The molecular weight excluding hydrogens is 284 g/mol.